The summed E-state index contributed by atoms with van der Waals surface area (Å²) in [5, 5.41) is 0. The van der Waals surface area contributed by atoms with Crippen LogP contribution in [0, 0.1) is 0 Å². The number of amides is 1. The van der Waals surface area contributed by atoms with Gasteiger partial charge in [-0.15, -0.1) is 0 Å². The highest BCUT2D eigenvalue weighted by Crippen LogP contribution is 2.16. The number of para-hydroxylation sites is 1. The molecule has 17 heavy (non-hydrogen) atoms. The fourth-order valence-electron chi connectivity index (χ4n) is 1.52. The molecule has 0 saturated heterocycles. The van der Waals surface area contributed by atoms with Crippen LogP contribution < -0.4 is 4.90 Å². The van der Waals surface area contributed by atoms with Crippen molar-refractivity contribution in [1.82, 2.24) is 4.98 Å². The quantitative estimate of drug-likeness (QED) is 0.803. The second-order valence-corrected chi connectivity index (χ2v) is 3.43. The number of carbonyl (C=O) groups is 1. The molecule has 1 aromatic carbocycles. The van der Waals surface area contributed by atoms with Gasteiger partial charge in [-0.05, 0) is 24.3 Å². The maximum Gasteiger partial charge on any atom is 0.263 e. The van der Waals surface area contributed by atoms with E-state index in [-0.39, 0.29) is 5.91 Å². The zero-order valence-corrected chi connectivity index (χ0v) is 9.28. The number of benzene rings is 1. The third kappa shape index (κ3) is 2.39. The van der Waals surface area contributed by atoms with E-state index in [0.29, 0.717) is 5.56 Å². The molecular weight excluding hydrogens is 212 g/mol. The lowest BCUT2D eigenvalue weighted by Gasteiger charge is -2.17. The van der Waals surface area contributed by atoms with E-state index in [1.807, 2.05) is 30.3 Å². The standard InChI is InChI=1S/C14H12N2O/c1-2-16(13-8-4-3-5-9-13)14(17)12-7-6-10-15-11-12/h2-11H,1H2. The van der Waals surface area contributed by atoms with Crippen LogP contribution in [0.4, 0.5) is 5.69 Å². The van der Waals surface area contributed by atoms with Gasteiger partial charge in [0.25, 0.3) is 5.91 Å². The van der Waals surface area contributed by atoms with Crippen molar-refractivity contribution in [1.29, 1.82) is 0 Å². The molecule has 0 aliphatic carbocycles. The highest BCUT2D eigenvalue weighted by molar-refractivity contribution is 6.07. The minimum atomic E-state index is -0.140. The first kappa shape index (κ1) is 11.1. The Hall–Kier alpha value is -2.42. The summed E-state index contributed by atoms with van der Waals surface area (Å²) in [5.41, 5.74) is 1.33. The Kier molecular flexibility index (Phi) is 3.31. The number of anilines is 1. The third-order valence-electron chi connectivity index (χ3n) is 2.34. The summed E-state index contributed by atoms with van der Waals surface area (Å²) in [7, 11) is 0. The molecule has 84 valence electrons. The van der Waals surface area contributed by atoms with Crippen LogP contribution in [0.1, 0.15) is 10.4 Å². The Bertz CT molecular complexity index is 508. The predicted octanol–water partition coefficient (Wildman–Crippen LogP) is 2.87. The summed E-state index contributed by atoms with van der Waals surface area (Å²) in [6.07, 6.45) is 4.68. The van der Waals surface area contributed by atoms with Crippen LogP contribution in [0.2, 0.25) is 0 Å². The molecule has 0 N–H and O–H groups in total. The molecule has 0 bridgehead atoms. The van der Waals surface area contributed by atoms with Crippen molar-refractivity contribution in [2.45, 2.75) is 0 Å². The molecule has 3 heteroatoms. The number of hydrogen-bond acceptors (Lipinski definition) is 2. The Morgan fingerprint density at radius 3 is 2.53 bits per heavy atom. The largest absolute Gasteiger partial charge is 0.284 e. The van der Waals surface area contributed by atoms with Crippen LogP contribution in [-0.4, -0.2) is 10.9 Å². The van der Waals surface area contributed by atoms with E-state index in [1.165, 1.54) is 11.1 Å². The van der Waals surface area contributed by atoms with Gasteiger partial charge in [0.05, 0.1) is 5.56 Å². The van der Waals surface area contributed by atoms with Crippen LogP contribution in [-0.2, 0) is 0 Å². The minimum absolute atomic E-state index is 0.140. The molecule has 1 aromatic heterocycles. The molecule has 0 fully saturated rings. The molecule has 1 heterocycles. The molecule has 0 radical (unpaired) electrons. The molecule has 1 amide bonds. The van der Waals surface area contributed by atoms with Crippen molar-refractivity contribution in [3.63, 3.8) is 0 Å². The first-order valence-electron chi connectivity index (χ1n) is 5.24. The summed E-state index contributed by atoms with van der Waals surface area (Å²) >= 11 is 0. The van der Waals surface area contributed by atoms with Crippen molar-refractivity contribution in [2.75, 3.05) is 4.90 Å². The number of hydrogen-bond donors (Lipinski definition) is 0. The van der Waals surface area contributed by atoms with Crippen LogP contribution >= 0.6 is 0 Å². The molecule has 0 unspecified atom stereocenters. The lowest BCUT2D eigenvalue weighted by Crippen LogP contribution is -2.24. The van der Waals surface area contributed by atoms with Crippen LogP contribution in [0.15, 0.2) is 67.6 Å². The summed E-state index contributed by atoms with van der Waals surface area (Å²) < 4.78 is 0. The average Bonchev–Trinajstić information content (AvgIpc) is 2.42. The zero-order valence-electron chi connectivity index (χ0n) is 9.28. The van der Waals surface area contributed by atoms with E-state index >= 15 is 0 Å². The minimum Gasteiger partial charge on any atom is -0.284 e. The van der Waals surface area contributed by atoms with Crippen LogP contribution in [0.5, 0.6) is 0 Å². The van der Waals surface area contributed by atoms with Gasteiger partial charge in [-0.1, -0.05) is 24.8 Å². The number of aromatic nitrogens is 1. The van der Waals surface area contributed by atoms with E-state index in [2.05, 4.69) is 11.6 Å². The highest BCUT2D eigenvalue weighted by atomic mass is 16.2. The Morgan fingerprint density at radius 1 is 1.18 bits per heavy atom. The molecule has 0 saturated carbocycles. The first-order valence-corrected chi connectivity index (χ1v) is 5.24. The second kappa shape index (κ2) is 5.07. The van der Waals surface area contributed by atoms with Crippen molar-refractivity contribution in [3.05, 3.63) is 73.2 Å². The lowest BCUT2D eigenvalue weighted by atomic mass is 10.2. The van der Waals surface area contributed by atoms with Gasteiger partial charge in [0, 0.05) is 24.3 Å². The molecule has 3 nitrogen and oxygen atoms in total. The van der Waals surface area contributed by atoms with Crippen molar-refractivity contribution in [3.8, 4) is 0 Å². The summed E-state index contributed by atoms with van der Waals surface area (Å²) in [5.74, 6) is -0.140. The van der Waals surface area contributed by atoms with Gasteiger partial charge in [-0.2, -0.15) is 0 Å². The molecule has 0 atom stereocenters. The van der Waals surface area contributed by atoms with Crippen molar-refractivity contribution in [2.24, 2.45) is 0 Å². The van der Waals surface area contributed by atoms with Crippen LogP contribution in [0.3, 0.4) is 0 Å². The monoisotopic (exact) mass is 224 g/mol. The van der Waals surface area contributed by atoms with Gasteiger partial charge in [0.2, 0.25) is 0 Å². The average molecular weight is 224 g/mol. The van der Waals surface area contributed by atoms with Crippen LogP contribution in [0.25, 0.3) is 0 Å². The highest BCUT2D eigenvalue weighted by Gasteiger charge is 2.14. The second-order valence-electron chi connectivity index (χ2n) is 3.43. The Balaban J connectivity index is 2.32. The first-order chi connectivity index (χ1) is 8.33. The fourth-order valence-corrected chi connectivity index (χ4v) is 1.52. The summed E-state index contributed by atoms with van der Waals surface area (Å²) in [6, 6.07) is 12.8. The number of rotatable bonds is 3. The molecule has 2 aromatic rings. The number of carbonyl (C=O) groups excluding carboxylic acids is 1. The van der Waals surface area contributed by atoms with Crippen molar-refractivity contribution < 1.29 is 4.79 Å². The van der Waals surface area contributed by atoms with E-state index < -0.39 is 0 Å². The maximum absolute atomic E-state index is 12.2. The predicted molar refractivity (Wildman–Crippen MR) is 67.7 cm³/mol. The van der Waals surface area contributed by atoms with Gasteiger partial charge >= 0.3 is 0 Å². The third-order valence-corrected chi connectivity index (χ3v) is 2.34. The Morgan fingerprint density at radius 2 is 1.94 bits per heavy atom. The van der Waals surface area contributed by atoms with Gasteiger partial charge in [0.1, 0.15) is 0 Å². The summed E-state index contributed by atoms with van der Waals surface area (Å²) in [4.78, 5) is 17.6. The smallest absolute Gasteiger partial charge is 0.263 e. The number of pyridine rings is 1. The molecular formula is C14H12N2O. The van der Waals surface area contributed by atoms with Gasteiger partial charge in [-0.25, -0.2) is 0 Å². The van der Waals surface area contributed by atoms with Gasteiger partial charge < -0.3 is 0 Å². The van der Waals surface area contributed by atoms with Crippen molar-refractivity contribution >= 4 is 11.6 Å². The molecule has 2 rings (SSSR count). The molecule has 0 aliphatic heterocycles. The normalized spacial score (nSPS) is 9.65. The SMILES string of the molecule is C=CN(C(=O)c1cccnc1)c1ccccc1. The topological polar surface area (TPSA) is 33.2 Å². The summed E-state index contributed by atoms with van der Waals surface area (Å²) in [6.45, 7) is 3.67. The van der Waals surface area contributed by atoms with E-state index in [0.717, 1.165) is 5.69 Å². The maximum atomic E-state index is 12.2. The fraction of sp³-hybridized carbons (Fsp3) is 0. The zero-order chi connectivity index (χ0) is 12.1. The van der Waals surface area contributed by atoms with E-state index in [9.17, 15) is 4.79 Å². The van der Waals surface area contributed by atoms with Gasteiger partial charge in [0.15, 0.2) is 0 Å². The number of nitrogens with zero attached hydrogens (tertiary/aromatic N) is 2. The van der Waals surface area contributed by atoms with E-state index in [4.69, 9.17) is 0 Å². The lowest BCUT2D eigenvalue weighted by molar-refractivity contribution is 0.0997. The van der Waals surface area contributed by atoms with Gasteiger partial charge in [-0.3, -0.25) is 14.7 Å². The Labute approximate surface area is 100 Å². The molecule has 0 aliphatic rings. The van der Waals surface area contributed by atoms with E-state index in [1.54, 1.807) is 24.5 Å². The molecule has 0 spiro atoms.